The molecule has 0 spiro atoms. The highest BCUT2D eigenvalue weighted by atomic mass is 35.5. The third-order valence-electron chi connectivity index (χ3n) is 2.42. The molecule has 0 aliphatic carbocycles. The first-order valence-electron chi connectivity index (χ1n) is 6.17. The van der Waals surface area contributed by atoms with Crippen LogP contribution in [0, 0.1) is 0 Å². The fraction of sp³-hybridized carbons (Fsp3) is 0.462. The lowest BCUT2D eigenvalue weighted by Gasteiger charge is -2.11. The molecule has 2 N–H and O–H groups in total. The Hall–Kier alpha value is -1.44. The van der Waals surface area contributed by atoms with Crippen LogP contribution in [0.15, 0.2) is 24.3 Å². The lowest BCUT2D eigenvalue weighted by molar-refractivity contribution is -0.0501. The van der Waals surface area contributed by atoms with Crippen molar-refractivity contribution >= 4 is 18.3 Å². The van der Waals surface area contributed by atoms with Crippen molar-refractivity contribution in [3.05, 3.63) is 29.8 Å². The first-order valence-corrected chi connectivity index (χ1v) is 6.17. The number of para-hydroxylation sites is 1. The van der Waals surface area contributed by atoms with Gasteiger partial charge < -0.3 is 20.1 Å². The second-order valence-corrected chi connectivity index (χ2v) is 3.87. The van der Waals surface area contributed by atoms with Gasteiger partial charge in [0.05, 0.1) is 12.2 Å². The van der Waals surface area contributed by atoms with Gasteiger partial charge in [0.15, 0.2) is 0 Å². The Morgan fingerprint density at radius 1 is 1.24 bits per heavy atom. The molecule has 8 heteroatoms. The molecule has 1 rings (SSSR count). The largest absolute Gasteiger partial charge is 0.434 e. The second-order valence-electron chi connectivity index (χ2n) is 3.87. The minimum absolute atomic E-state index is 0. The fourth-order valence-corrected chi connectivity index (χ4v) is 1.51. The molecular weight excluding hydrogens is 306 g/mol. The number of nitrogens with one attached hydrogen (secondary N) is 2. The summed E-state index contributed by atoms with van der Waals surface area (Å²) in [5, 5.41) is 5.67. The molecule has 0 heterocycles. The van der Waals surface area contributed by atoms with E-state index in [4.69, 9.17) is 4.74 Å². The van der Waals surface area contributed by atoms with E-state index in [0.29, 0.717) is 26.2 Å². The number of rotatable bonds is 9. The maximum atomic E-state index is 12.2. The second kappa shape index (κ2) is 11.2. The van der Waals surface area contributed by atoms with Crippen molar-refractivity contribution in [2.75, 3.05) is 33.4 Å². The lowest BCUT2D eigenvalue weighted by atomic mass is 10.2. The molecule has 0 saturated heterocycles. The van der Waals surface area contributed by atoms with E-state index in [0.717, 1.165) is 0 Å². The van der Waals surface area contributed by atoms with Crippen molar-refractivity contribution in [1.29, 1.82) is 0 Å². The van der Waals surface area contributed by atoms with Crippen molar-refractivity contribution in [2.24, 2.45) is 0 Å². The van der Waals surface area contributed by atoms with Gasteiger partial charge in [0.1, 0.15) is 5.75 Å². The molecule has 0 aliphatic heterocycles. The summed E-state index contributed by atoms with van der Waals surface area (Å²) in [4.78, 5) is 11.8. The Bertz CT molecular complexity index is 422. The van der Waals surface area contributed by atoms with Crippen LogP contribution in [0.5, 0.6) is 5.75 Å². The summed E-state index contributed by atoms with van der Waals surface area (Å²) >= 11 is 0. The molecule has 1 aromatic carbocycles. The Morgan fingerprint density at radius 3 is 2.62 bits per heavy atom. The third kappa shape index (κ3) is 7.79. The summed E-state index contributed by atoms with van der Waals surface area (Å²) in [5.41, 5.74) is 0.0877. The zero-order chi connectivity index (χ0) is 14.8. The number of hydrogen-bond donors (Lipinski definition) is 2. The molecular formula is C13H19ClF2N2O3. The highest BCUT2D eigenvalue weighted by Gasteiger charge is 2.14. The van der Waals surface area contributed by atoms with Crippen molar-refractivity contribution in [3.63, 3.8) is 0 Å². The molecule has 5 nitrogen and oxygen atoms in total. The molecule has 0 radical (unpaired) electrons. The first-order chi connectivity index (χ1) is 9.65. The Kier molecular flexibility index (Phi) is 10.5. The molecule has 0 bridgehead atoms. The van der Waals surface area contributed by atoms with E-state index in [2.05, 4.69) is 15.4 Å². The first kappa shape index (κ1) is 19.6. The average Bonchev–Trinajstić information content (AvgIpc) is 2.42. The summed E-state index contributed by atoms with van der Waals surface area (Å²) in [6.45, 7) is -0.755. The summed E-state index contributed by atoms with van der Waals surface area (Å²) in [7, 11) is 1.60. The number of carbonyl (C=O) groups is 1. The number of methoxy groups -OCH3 is 1. The van der Waals surface area contributed by atoms with Gasteiger partial charge in [0.2, 0.25) is 0 Å². The molecule has 1 aromatic rings. The molecule has 0 saturated carbocycles. The smallest absolute Gasteiger partial charge is 0.387 e. The molecule has 21 heavy (non-hydrogen) atoms. The van der Waals surface area contributed by atoms with Crippen LogP contribution in [0.2, 0.25) is 0 Å². The highest BCUT2D eigenvalue weighted by molar-refractivity contribution is 5.96. The number of hydrogen-bond acceptors (Lipinski definition) is 4. The van der Waals surface area contributed by atoms with E-state index in [1.54, 1.807) is 13.2 Å². The standard InChI is InChI=1S/C13H18F2N2O3.ClH/c1-19-9-8-16-6-7-17-12(18)10-4-2-3-5-11(10)20-13(14)15;/h2-5,13,16H,6-9H2,1H3,(H,17,18);1H. The molecule has 0 aliphatic rings. The van der Waals surface area contributed by atoms with Gasteiger partial charge in [-0.3, -0.25) is 4.79 Å². The highest BCUT2D eigenvalue weighted by Crippen LogP contribution is 2.19. The van der Waals surface area contributed by atoms with Gasteiger partial charge in [-0.2, -0.15) is 8.78 Å². The average molecular weight is 325 g/mol. The van der Waals surface area contributed by atoms with Crippen molar-refractivity contribution in [2.45, 2.75) is 6.61 Å². The molecule has 0 unspecified atom stereocenters. The number of carbonyl (C=O) groups excluding carboxylic acids is 1. The molecule has 1 amide bonds. The number of alkyl halides is 2. The van der Waals surface area contributed by atoms with Gasteiger partial charge in [-0.1, -0.05) is 12.1 Å². The van der Waals surface area contributed by atoms with Crippen LogP contribution >= 0.6 is 12.4 Å². The Balaban J connectivity index is 0.00000400. The Labute approximate surface area is 128 Å². The SMILES string of the molecule is COCCNCCNC(=O)c1ccccc1OC(F)F.Cl. The number of amides is 1. The maximum Gasteiger partial charge on any atom is 0.387 e. The van der Waals surface area contributed by atoms with E-state index in [-0.39, 0.29) is 23.7 Å². The zero-order valence-electron chi connectivity index (χ0n) is 11.6. The number of ether oxygens (including phenoxy) is 2. The van der Waals surface area contributed by atoms with Gasteiger partial charge in [-0.15, -0.1) is 12.4 Å². The molecule has 0 atom stereocenters. The van der Waals surface area contributed by atoms with E-state index in [9.17, 15) is 13.6 Å². The summed E-state index contributed by atoms with van der Waals surface area (Å²) in [5.74, 6) is -0.581. The van der Waals surface area contributed by atoms with Crippen LogP contribution in [0.1, 0.15) is 10.4 Å². The lowest BCUT2D eigenvalue weighted by Crippen LogP contribution is -2.33. The third-order valence-corrected chi connectivity index (χ3v) is 2.42. The predicted octanol–water partition coefficient (Wildman–Crippen LogP) is 1.68. The van der Waals surface area contributed by atoms with Gasteiger partial charge in [0.25, 0.3) is 5.91 Å². The minimum Gasteiger partial charge on any atom is -0.434 e. The topological polar surface area (TPSA) is 59.6 Å². The van der Waals surface area contributed by atoms with Crippen LogP contribution < -0.4 is 15.4 Å². The number of halogens is 3. The molecule has 0 aromatic heterocycles. The van der Waals surface area contributed by atoms with Crippen LogP contribution in [0.4, 0.5) is 8.78 Å². The van der Waals surface area contributed by atoms with E-state index < -0.39 is 12.5 Å². The summed E-state index contributed by atoms with van der Waals surface area (Å²) in [6, 6.07) is 5.88. The number of benzene rings is 1. The van der Waals surface area contributed by atoms with Crippen molar-refractivity contribution in [3.8, 4) is 5.75 Å². The van der Waals surface area contributed by atoms with Gasteiger partial charge in [0, 0.05) is 26.7 Å². The van der Waals surface area contributed by atoms with E-state index >= 15 is 0 Å². The van der Waals surface area contributed by atoms with Crippen molar-refractivity contribution < 1.29 is 23.0 Å². The summed E-state index contributed by atoms with van der Waals surface area (Å²) < 4.78 is 33.6. The van der Waals surface area contributed by atoms with E-state index in [1.807, 2.05) is 0 Å². The quantitative estimate of drug-likeness (QED) is 0.679. The van der Waals surface area contributed by atoms with Gasteiger partial charge >= 0.3 is 6.61 Å². The monoisotopic (exact) mass is 324 g/mol. The summed E-state index contributed by atoms with van der Waals surface area (Å²) in [6.07, 6.45) is 0. The predicted molar refractivity (Wildman–Crippen MR) is 77.4 cm³/mol. The molecule has 120 valence electrons. The maximum absolute atomic E-state index is 12.2. The van der Waals surface area contributed by atoms with E-state index in [1.165, 1.54) is 18.2 Å². The van der Waals surface area contributed by atoms with Crippen LogP contribution in [-0.4, -0.2) is 45.9 Å². The van der Waals surface area contributed by atoms with Gasteiger partial charge in [-0.05, 0) is 12.1 Å². The van der Waals surface area contributed by atoms with Crippen molar-refractivity contribution in [1.82, 2.24) is 10.6 Å². The normalized spacial score (nSPS) is 10.1. The Morgan fingerprint density at radius 2 is 1.95 bits per heavy atom. The fourth-order valence-electron chi connectivity index (χ4n) is 1.51. The van der Waals surface area contributed by atoms with Crippen LogP contribution in [0.25, 0.3) is 0 Å². The molecule has 0 fully saturated rings. The minimum atomic E-state index is -2.96. The zero-order valence-corrected chi connectivity index (χ0v) is 12.4. The van der Waals surface area contributed by atoms with Gasteiger partial charge in [-0.25, -0.2) is 0 Å². The van der Waals surface area contributed by atoms with Crippen LogP contribution in [0.3, 0.4) is 0 Å². The van der Waals surface area contributed by atoms with Crippen LogP contribution in [-0.2, 0) is 4.74 Å².